The van der Waals surface area contributed by atoms with Crippen LogP contribution in [0.25, 0.3) is 10.9 Å². The maximum absolute atomic E-state index is 11.2. The number of carbonyl (C=O) groups excluding carboxylic acids is 1. The van der Waals surface area contributed by atoms with Gasteiger partial charge in [0, 0.05) is 10.9 Å². The van der Waals surface area contributed by atoms with Crippen LogP contribution in [-0.2, 0) is 0 Å². The number of rotatable bonds is 1. The van der Waals surface area contributed by atoms with E-state index in [1.54, 1.807) is 24.3 Å². The predicted octanol–water partition coefficient (Wildman–Crippen LogP) is 3.74. The third-order valence-corrected chi connectivity index (χ3v) is 2.64. The lowest BCUT2D eigenvalue weighted by atomic mass is 10.1. The van der Waals surface area contributed by atoms with E-state index in [4.69, 9.17) is 23.2 Å². The van der Waals surface area contributed by atoms with Gasteiger partial charge in [-0.15, -0.1) is 0 Å². The summed E-state index contributed by atoms with van der Waals surface area (Å²) in [6, 6.07) is 6.74. The van der Waals surface area contributed by atoms with Gasteiger partial charge in [0.25, 0.3) is 0 Å². The van der Waals surface area contributed by atoms with Crippen LogP contribution < -0.4 is 0 Å². The van der Waals surface area contributed by atoms with Gasteiger partial charge in [-0.2, -0.15) is 0 Å². The Kier molecular flexibility index (Phi) is 2.63. The molecule has 0 N–H and O–H groups in total. The highest BCUT2D eigenvalue weighted by Gasteiger charge is 2.06. The lowest BCUT2D eigenvalue weighted by Crippen LogP contribution is -1.92. The van der Waals surface area contributed by atoms with Crippen molar-refractivity contribution < 1.29 is 4.79 Å². The Labute approximate surface area is 96.8 Å². The zero-order chi connectivity index (χ0) is 11.0. The van der Waals surface area contributed by atoms with Gasteiger partial charge in [-0.3, -0.25) is 4.79 Å². The van der Waals surface area contributed by atoms with Crippen LogP contribution >= 0.6 is 23.2 Å². The number of hydrogen-bond donors (Lipinski definition) is 0. The fraction of sp³-hybridized carbons (Fsp3) is 0.0909. The number of benzene rings is 1. The topological polar surface area (TPSA) is 30.0 Å². The fourth-order valence-corrected chi connectivity index (χ4v) is 1.88. The van der Waals surface area contributed by atoms with Gasteiger partial charge >= 0.3 is 0 Å². The highest BCUT2D eigenvalue weighted by atomic mass is 35.5. The van der Waals surface area contributed by atoms with Crippen molar-refractivity contribution in [1.82, 2.24) is 4.98 Å². The molecule has 76 valence electrons. The van der Waals surface area contributed by atoms with E-state index in [-0.39, 0.29) is 5.78 Å². The molecule has 0 aliphatic carbocycles. The molecule has 0 aliphatic rings. The van der Waals surface area contributed by atoms with Gasteiger partial charge in [0.1, 0.15) is 5.15 Å². The maximum atomic E-state index is 11.2. The van der Waals surface area contributed by atoms with Crippen molar-refractivity contribution in [3.05, 3.63) is 40.0 Å². The molecule has 4 heteroatoms. The largest absolute Gasteiger partial charge is 0.295 e. The molecule has 0 spiro atoms. The van der Waals surface area contributed by atoms with E-state index < -0.39 is 0 Å². The highest BCUT2D eigenvalue weighted by Crippen LogP contribution is 2.26. The summed E-state index contributed by atoms with van der Waals surface area (Å²) < 4.78 is 0. The van der Waals surface area contributed by atoms with E-state index in [0.29, 0.717) is 21.3 Å². The van der Waals surface area contributed by atoms with Gasteiger partial charge in [0.15, 0.2) is 5.78 Å². The minimum atomic E-state index is 0.00270. The molecule has 2 nitrogen and oxygen atoms in total. The van der Waals surface area contributed by atoms with Crippen molar-refractivity contribution in [3.8, 4) is 0 Å². The number of carbonyl (C=O) groups is 1. The Morgan fingerprint density at radius 3 is 2.67 bits per heavy atom. The number of halogens is 2. The zero-order valence-electron chi connectivity index (χ0n) is 7.92. The number of hydrogen-bond acceptors (Lipinski definition) is 2. The van der Waals surface area contributed by atoms with Gasteiger partial charge in [0.2, 0.25) is 0 Å². The standard InChI is InChI=1S/C11H7Cl2NO/c1-6(15)7-2-3-10-8(4-7)9(12)5-11(13)14-10/h2-5H,1H3. The van der Waals surface area contributed by atoms with Gasteiger partial charge in [-0.1, -0.05) is 23.2 Å². The summed E-state index contributed by atoms with van der Waals surface area (Å²) in [5.74, 6) is 0.00270. The molecular weight excluding hydrogens is 233 g/mol. The lowest BCUT2D eigenvalue weighted by Gasteiger charge is -2.02. The Hall–Kier alpha value is -1.12. The summed E-state index contributed by atoms with van der Waals surface area (Å²) in [5, 5.41) is 1.60. The summed E-state index contributed by atoms with van der Waals surface area (Å²) >= 11 is 11.8. The van der Waals surface area contributed by atoms with E-state index >= 15 is 0 Å². The van der Waals surface area contributed by atoms with Crippen LogP contribution in [0, 0.1) is 0 Å². The van der Waals surface area contributed by atoms with Crippen LogP contribution in [-0.4, -0.2) is 10.8 Å². The third-order valence-electron chi connectivity index (χ3n) is 2.13. The van der Waals surface area contributed by atoms with E-state index in [1.165, 1.54) is 6.92 Å². The van der Waals surface area contributed by atoms with Crippen LogP contribution in [0.4, 0.5) is 0 Å². The Morgan fingerprint density at radius 2 is 2.00 bits per heavy atom. The maximum Gasteiger partial charge on any atom is 0.159 e. The summed E-state index contributed by atoms with van der Waals surface area (Å²) in [6.07, 6.45) is 0. The molecule has 0 saturated carbocycles. The van der Waals surface area contributed by atoms with Crippen molar-refractivity contribution in [3.63, 3.8) is 0 Å². The van der Waals surface area contributed by atoms with E-state index in [0.717, 1.165) is 5.39 Å². The SMILES string of the molecule is CC(=O)c1ccc2nc(Cl)cc(Cl)c2c1. The molecule has 0 atom stereocenters. The second-order valence-electron chi connectivity index (χ2n) is 3.21. The molecule has 1 aromatic heterocycles. The minimum Gasteiger partial charge on any atom is -0.295 e. The fourth-order valence-electron chi connectivity index (χ4n) is 1.37. The molecule has 1 aromatic carbocycles. The second kappa shape index (κ2) is 3.80. The van der Waals surface area contributed by atoms with Crippen LogP contribution in [0.3, 0.4) is 0 Å². The summed E-state index contributed by atoms with van der Waals surface area (Å²) in [4.78, 5) is 15.3. The molecule has 0 radical (unpaired) electrons. The lowest BCUT2D eigenvalue weighted by molar-refractivity contribution is 0.101. The van der Waals surface area contributed by atoms with Gasteiger partial charge in [-0.25, -0.2) is 4.98 Å². The van der Waals surface area contributed by atoms with Crippen LogP contribution in [0.2, 0.25) is 10.2 Å². The molecule has 0 bridgehead atoms. The zero-order valence-corrected chi connectivity index (χ0v) is 9.43. The first kappa shape index (κ1) is 10.4. The molecule has 2 aromatic rings. The molecule has 15 heavy (non-hydrogen) atoms. The number of Topliss-reactive ketones (excluding diaryl/α,β-unsaturated/α-hetero) is 1. The normalized spacial score (nSPS) is 10.6. The molecule has 1 heterocycles. The average molecular weight is 240 g/mol. The van der Waals surface area contributed by atoms with Gasteiger partial charge in [-0.05, 0) is 31.2 Å². The Bertz CT molecular complexity index is 552. The quantitative estimate of drug-likeness (QED) is 0.561. The highest BCUT2D eigenvalue weighted by molar-refractivity contribution is 6.37. The van der Waals surface area contributed by atoms with Crippen molar-refractivity contribution in [2.24, 2.45) is 0 Å². The van der Waals surface area contributed by atoms with Gasteiger partial charge < -0.3 is 0 Å². The van der Waals surface area contributed by atoms with Crippen molar-refractivity contribution in [1.29, 1.82) is 0 Å². The van der Waals surface area contributed by atoms with Gasteiger partial charge in [0.05, 0.1) is 10.5 Å². The third kappa shape index (κ3) is 1.96. The number of ketones is 1. The monoisotopic (exact) mass is 239 g/mol. The van der Waals surface area contributed by atoms with E-state index in [1.807, 2.05) is 0 Å². The van der Waals surface area contributed by atoms with E-state index in [2.05, 4.69) is 4.98 Å². The molecule has 0 saturated heterocycles. The first-order chi connectivity index (χ1) is 7.08. The summed E-state index contributed by atoms with van der Waals surface area (Å²) in [7, 11) is 0. The molecule has 0 amide bonds. The minimum absolute atomic E-state index is 0.00270. The van der Waals surface area contributed by atoms with Crippen LogP contribution in [0.1, 0.15) is 17.3 Å². The van der Waals surface area contributed by atoms with Crippen molar-refractivity contribution in [2.45, 2.75) is 6.92 Å². The molecule has 2 rings (SSSR count). The Balaban J connectivity index is 2.76. The average Bonchev–Trinajstić information content (AvgIpc) is 2.16. The number of pyridine rings is 1. The summed E-state index contributed by atoms with van der Waals surface area (Å²) in [5.41, 5.74) is 1.31. The predicted molar refractivity (Wildman–Crippen MR) is 61.8 cm³/mol. The second-order valence-corrected chi connectivity index (χ2v) is 4.01. The van der Waals surface area contributed by atoms with E-state index in [9.17, 15) is 4.79 Å². The first-order valence-electron chi connectivity index (χ1n) is 4.34. The van der Waals surface area contributed by atoms with Crippen molar-refractivity contribution >= 4 is 39.9 Å². The number of fused-ring (bicyclic) bond motifs is 1. The number of nitrogens with zero attached hydrogens (tertiary/aromatic N) is 1. The summed E-state index contributed by atoms with van der Waals surface area (Å²) in [6.45, 7) is 1.51. The number of aromatic nitrogens is 1. The van der Waals surface area contributed by atoms with Crippen LogP contribution in [0.15, 0.2) is 24.3 Å². The molecule has 0 unspecified atom stereocenters. The first-order valence-corrected chi connectivity index (χ1v) is 5.10. The van der Waals surface area contributed by atoms with Crippen molar-refractivity contribution in [2.75, 3.05) is 0 Å². The molecule has 0 aliphatic heterocycles. The molecule has 0 fully saturated rings. The molecular formula is C11H7Cl2NO. The Morgan fingerprint density at radius 1 is 1.27 bits per heavy atom. The van der Waals surface area contributed by atoms with Crippen LogP contribution in [0.5, 0.6) is 0 Å². The smallest absolute Gasteiger partial charge is 0.159 e.